The summed E-state index contributed by atoms with van der Waals surface area (Å²) in [4.78, 5) is 12.6. The van der Waals surface area contributed by atoms with Gasteiger partial charge in [0, 0.05) is 10.7 Å². The van der Waals surface area contributed by atoms with E-state index in [0.717, 1.165) is 17.5 Å². The fourth-order valence-electron chi connectivity index (χ4n) is 3.30. The van der Waals surface area contributed by atoms with E-state index >= 15 is 0 Å². The van der Waals surface area contributed by atoms with Crippen LogP contribution in [0.15, 0.2) is 72.3 Å². The van der Waals surface area contributed by atoms with Crippen LogP contribution in [0, 0.1) is 25.2 Å². The first-order chi connectivity index (χ1) is 13.9. The monoisotopic (exact) mass is 400 g/mol. The van der Waals surface area contributed by atoms with Crippen molar-refractivity contribution in [3.63, 3.8) is 0 Å². The lowest BCUT2D eigenvalue weighted by Gasteiger charge is -2.09. The van der Waals surface area contributed by atoms with Gasteiger partial charge < -0.3 is 5.32 Å². The number of aryl methyl sites for hydroxylation is 2. The van der Waals surface area contributed by atoms with E-state index in [1.165, 1.54) is 16.7 Å². The fraction of sp³-hybridized carbons (Fsp3) is 0.120. The van der Waals surface area contributed by atoms with Crippen LogP contribution in [0.5, 0.6) is 0 Å². The Morgan fingerprint density at radius 1 is 1.03 bits per heavy atom. The van der Waals surface area contributed by atoms with Crippen molar-refractivity contribution >= 4 is 29.3 Å². The maximum Gasteiger partial charge on any atom is 0.266 e. The number of halogens is 1. The summed E-state index contributed by atoms with van der Waals surface area (Å²) in [6.45, 7) is 4.16. The second-order valence-corrected chi connectivity index (χ2v) is 7.44. The molecule has 0 aromatic heterocycles. The number of hydrogen-bond acceptors (Lipinski definition) is 2. The van der Waals surface area contributed by atoms with Crippen LogP contribution in [0.25, 0.3) is 6.08 Å². The molecule has 3 nitrogen and oxygen atoms in total. The predicted molar refractivity (Wildman–Crippen MR) is 119 cm³/mol. The van der Waals surface area contributed by atoms with E-state index in [9.17, 15) is 10.1 Å². The zero-order valence-electron chi connectivity index (χ0n) is 16.4. The standard InChI is InChI=1S/C25H21ClN2O/c1-17-10-18(2)12-19(11-17)13-20-6-3-4-7-21(20)14-22(16-27)25(29)28-24-9-5-8-23(26)15-24/h3-12,14-15H,13H2,1-2H3,(H,28,29)/b22-14+. The molecule has 0 radical (unpaired) electrons. The number of hydrogen-bond donors (Lipinski definition) is 1. The van der Waals surface area contributed by atoms with Crippen LogP contribution in [0.1, 0.15) is 27.8 Å². The first-order valence-corrected chi connectivity index (χ1v) is 9.66. The van der Waals surface area contributed by atoms with Gasteiger partial charge in [-0.05, 0) is 61.2 Å². The molecule has 0 fully saturated rings. The highest BCUT2D eigenvalue weighted by molar-refractivity contribution is 6.31. The molecule has 0 aliphatic rings. The van der Waals surface area contributed by atoms with Gasteiger partial charge in [0.1, 0.15) is 11.6 Å². The zero-order chi connectivity index (χ0) is 20.8. The molecule has 0 unspecified atom stereocenters. The topological polar surface area (TPSA) is 52.9 Å². The van der Waals surface area contributed by atoms with Gasteiger partial charge in [0.05, 0.1) is 0 Å². The third kappa shape index (κ3) is 5.57. The molecule has 0 saturated heterocycles. The molecule has 0 heterocycles. The Hall–Kier alpha value is -3.35. The van der Waals surface area contributed by atoms with Crippen molar-refractivity contribution in [2.24, 2.45) is 0 Å². The minimum absolute atomic E-state index is 0.0397. The molecule has 0 spiro atoms. The largest absolute Gasteiger partial charge is 0.321 e. The Morgan fingerprint density at radius 2 is 1.76 bits per heavy atom. The Bertz CT molecular complexity index is 1110. The molecule has 3 rings (SSSR count). The number of benzene rings is 3. The molecule has 0 bridgehead atoms. The molecule has 3 aromatic rings. The molecule has 0 aliphatic carbocycles. The van der Waals surface area contributed by atoms with E-state index in [-0.39, 0.29) is 5.57 Å². The third-order valence-electron chi connectivity index (χ3n) is 4.48. The van der Waals surface area contributed by atoms with E-state index < -0.39 is 5.91 Å². The number of nitrogens with one attached hydrogen (secondary N) is 1. The maximum atomic E-state index is 12.6. The Labute approximate surface area is 176 Å². The van der Waals surface area contributed by atoms with Gasteiger partial charge in [-0.15, -0.1) is 0 Å². The second-order valence-electron chi connectivity index (χ2n) is 7.01. The summed E-state index contributed by atoms with van der Waals surface area (Å²) in [6.07, 6.45) is 2.36. The fourth-order valence-corrected chi connectivity index (χ4v) is 3.49. The van der Waals surface area contributed by atoms with E-state index in [4.69, 9.17) is 11.6 Å². The molecule has 3 aromatic carbocycles. The highest BCUT2D eigenvalue weighted by Gasteiger charge is 2.11. The van der Waals surface area contributed by atoms with Crippen molar-refractivity contribution in [2.45, 2.75) is 20.3 Å². The number of nitriles is 1. The van der Waals surface area contributed by atoms with Gasteiger partial charge in [-0.3, -0.25) is 4.79 Å². The lowest BCUT2D eigenvalue weighted by molar-refractivity contribution is -0.112. The molecule has 4 heteroatoms. The highest BCUT2D eigenvalue weighted by Crippen LogP contribution is 2.20. The quantitative estimate of drug-likeness (QED) is 0.416. The van der Waals surface area contributed by atoms with Crippen molar-refractivity contribution in [1.29, 1.82) is 5.26 Å². The molecule has 1 amide bonds. The minimum atomic E-state index is -0.462. The van der Waals surface area contributed by atoms with Crippen molar-refractivity contribution in [3.05, 3.63) is 105 Å². The van der Waals surface area contributed by atoms with E-state index in [2.05, 4.69) is 37.4 Å². The molecule has 144 valence electrons. The first-order valence-electron chi connectivity index (χ1n) is 9.28. The molecule has 29 heavy (non-hydrogen) atoms. The lowest BCUT2D eigenvalue weighted by atomic mass is 9.96. The molecule has 0 saturated carbocycles. The number of carbonyl (C=O) groups is 1. The van der Waals surface area contributed by atoms with E-state index in [1.54, 1.807) is 30.3 Å². The maximum absolute atomic E-state index is 12.6. The van der Waals surface area contributed by atoms with Crippen molar-refractivity contribution in [3.8, 4) is 6.07 Å². The van der Waals surface area contributed by atoms with E-state index in [0.29, 0.717) is 10.7 Å². The van der Waals surface area contributed by atoms with Gasteiger partial charge >= 0.3 is 0 Å². The van der Waals surface area contributed by atoms with Crippen molar-refractivity contribution in [1.82, 2.24) is 0 Å². The average Bonchev–Trinajstić information content (AvgIpc) is 2.66. The smallest absolute Gasteiger partial charge is 0.266 e. The summed E-state index contributed by atoms with van der Waals surface area (Å²) in [7, 11) is 0. The lowest BCUT2D eigenvalue weighted by Crippen LogP contribution is -2.13. The van der Waals surface area contributed by atoms with Crippen molar-refractivity contribution < 1.29 is 4.79 Å². The summed E-state index contributed by atoms with van der Waals surface area (Å²) in [5.41, 5.74) is 6.12. The Kier molecular flexibility index (Phi) is 6.49. The SMILES string of the molecule is Cc1cc(C)cc(Cc2ccccc2/C=C(\C#N)C(=O)Nc2cccc(Cl)c2)c1. The summed E-state index contributed by atoms with van der Waals surface area (Å²) < 4.78 is 0. The van der Waals surface area contributed by atoms with Crippen molar-refractivity contribution in [2.75, 3.05) is 5.32 Å². The van der Waals surface area contributed by atoms with Gasteiger partial charge in [-0.2, -0.15) is 5.26 Å². The predicted octanol–water partition coefficient (Wildman–Crippen LogP) is 6.09. The normalized spacial score (nSPS) is 11.0. The highest BCUT2D eigenvalue weighted by atomic mass is 35.5. The van der Waals surface area contributed by atoms with Crippen LogP contribution >= 0.6 is 11.6 Å². The summed E-state index contributed by atoms with van der Waals surface area (Å²) in [5.74, 6) is -0.462. The molecule has 0 aliphatic heterocycles. The molecular weight excluding hydrogens is 380 g/mol. The van der Waals surface area contributed by atoms with Crippen LogP contribution in [-0.2, 0) is 11.2 Å². The van der Waals surface area contributed by atoms with Crippen LogP contribution < -0.4 is 5.32 Å². The Morgan fingerprint density at radius 3 is 2.45 bits per heavy atom. The van der Waals surface area contributed by atoms with Gasteiger partial charge in [-0.1, -0.05) is 71.3 Å². The first kappa shape index (κ1) is 20.4. The van der Waals surface area contributed by atoms with Crippen LogP contribution in [0.4, 0.5) is 5.69 Å². The van der Waals surface area contributed by atoms with Crippen LogP contribution in [0.2, 0.25) is 5.02 Å². The van der Waals surface area contributed by atoms with Crippen LogP contribution in [-0.4, -0.2) is 5.91 Å². The van der Waals surface area contributed by atoms with Gasteiger partial charge in [-0.25, -0.2) is 0 Å². The summed E-state index contributed by atoms with van der Waals surface area (Å²) >= 11 is 5.96. The summed E-state index contributed by atoms with van der Waals surface area (Å²) in [5, 5.41) is 12.8. The second kappa shape index (κ2) is 9.23. The van der Waals surface area contributed by atoms with Gasteiger partial charge in [0.25, 0.3) is 5.91 Å². The molecular formula is C25H21ClN2O. The number of rotatable bonds is 5. The third-order valence-corrected chi connectivity index (χ3v) is 4.71. The zero-order valence-corrected chi connectivity index (χ0v) is 17.1. The van der Waals surface area contributed by atoms with E-state index in [1.807, 2.05) is 30.3 Å². The van der Waals surface area contributed by atoms with Crippen LogP contribution in [0.3, 0.4) is 0 Å². The average molecular weight is 401 g/mol. The molecule has 0 atom stereocenters. The number of amides is 1. The Balaban J connectivity index is 1.88. The summed E-state index contributed by atoms with van der Waals surface area (Å²) in [6, 6.07) is 23.1. The van der Waals surface area contributed by atoms with Gasteiger partial charge in [0.2, 0.25) is 0 Å². The number of anilines is 1. The number of nitrogens with zero attached hydrogens (tertiary/aromatic N) is 1. The van der Waals surface area contributed by atoms with Gasteiger partial charge in [0.15, 0.2) is 0 Å². The number of carbonyl (C=O) groups excluding carboxylic acids is 1. The molecule has 1 N–H and O–H groups in total. The minimum Gasteiger partial charge on any atom is -0.321 e.